The van der Waals surface area contributed by atoms with Crippen LogP contribution >= 0.6 is 34.3 Å². The van der Waals surface area contributed by atoms with Gasteiger partial charge in [0, 0.05) is 17.2 Å². The summed E-state index contributed by atoms with van der Waals surface area (Å²) in [6.45, 7) is -2.18. The zero-order valence-electron chi connectivity index (χ0n) is 15.1. The van der Waals surface area contributed by atoms with Crippen LogP contribution in [0, 0.1) is 0 Å². The van der Waals surface area contributed by atoms with Crippen molar-refractivity contribution in [2.45, 2.75) is 12.8 Å². The Bertz CT molecular complexity index is 1280. The number of hydrogen-bond acceptors (Lipinski definition) is 0. The van der Waals surface area contributed by atoms with Crippen molar-refractivity contribution in [2.24, 2.45) is 0 Å². The van der Waals surface area contributed by atoms with Gasteiger partial charge in [0.05, 0.1) is 5.25 Å². The molecule has 6 rings (SSSR count). The highest BCUT2D eigenvalue weighted by molar-refractivity contribution is 8.51. The molecule has 2 aliphatic rings. The first-order valence-electron chi connectivity index (χ1n) is 9.53. The van der Waals surface area contributed by atoms with Crippen LogP contribution in [0.3, 0.4) is 0 Å². The second-order valence-electron chi connectivity index (χ2n) is 7.53. The average molecular weight is 439 g/mol. The molecule has 0 fully saturated rings. The monoisotopic (exact) mass is 438 g/mol. The minimum Gasteiger partial charge on any atom is -0.0745 e. The molecule has 4 aromatic carbocycles. The number of rotatable bonds is 2. The maximum Gasteiger partial charge on any atom is 0.0974 e. The van der Waals surface area contributed by atoms with Crippen molar-refractivity contribution in [3.8, 4) is 0 Å². The minimum absolute atomic E-state index is 1.12. The van der Waals surface area contributed by atoms with Crippen LogP contribution in [-0.4, -0.2) is 0 Å². The Hall–Kier alpha value is -1.42. The molecule has 4 aromatic rings. The summed E-state index contributed by atoms with van der Waals surface area (Å²) in [7, 11) is 0. The van der Waals surface area contributed by atoms with Crippen molar-refractivity contribution >= 4 is 66.3 Å². The summed E-state index contributed by atoms with van der Waals surface area (Å²) in [5.74, 6) is 0. The molecule has 28 heavy (non-hydrogen) atoms. The second kappa shape index (κ2) is 6.04. The van der Waals surface area contributed by atoms with Crippen LogP contribution in [0.4, 0.5) is 0 Å². The SMILES string of the molecule is ClP1(Cl)=P(c2ccccc2)(c2ccccc2)c2ccc3c4c(ccc1c24)CC3. The van der Waals surface area contributed by atoms with E-state index in [1.54, 1.807) is 0 Å². The van der Waals surface area contributed by atoms with Gasteiger partial charge in [-0.05, 0) is 45.3 Å². The van der Waals surface area contributed by atoms with E-state index in [9.17, 15) is 0 Å². The van der Waals surface area contributed by atoms with E-state index in [1.165, 1.54) is 43.1 Å². The van der Waals surface area contributed by atoms with Crippen molar-refractivity contribution < 1.29 is 0 Å². The lowest BCUT2D eigenvalue weighted by molar-refractivity contribution is 1.02. The van der Waals surface area contributed by atoms with Crippen LogP contribution in [-0.2, 0) is 12.8 Å². The number of benzene rings is 4. The van der Waals surface area contributed by atoms with Crippen molar-refractivity contribution in [3.63, 3.8) is 0 Å². The van der Waals surface area contributed by atoms with Crippen LogP contribution in [0.25, 0.3) is 10.8 Å². The summed E-state index contributed by atoms with van der Waals surface area (Å²) in [4.78, 5) is 0. The molecular formula is C24H18Cl2P2. The third-order valence-electron chi connectivity index (χ3n) is 6.23. The van der Waals surface area contributed by atoms with Gasteiger partial charge in [-0.2, -0.15) is 0 Å². The Balaban J connectivity index is 1.91. The maximum absolute atomic E-state index is 7.55. The van der Waals surface area contributed by atoms with Crippen LogP contribution in [0.1, 0.15) is 11.1 Å². The van der Waals surface area contributed by atoms with Crippen LogP contribution in [0.2, 0.25) is 0 Å². The fraction of sp³-hybridized carbons (Fsp3) is 0.0833. The van der Waals surface area contributed by atoms with Gasteiger partial charge in [-0.25, -0.2) is 0 Å². The van der Waals surface area contributed by atoms with Crippen LogP contribution in [0.15, 0.2) is 84.9 Å². The Labute approximate surface area is 174 Å². The maximum atomic E-state index is 7.55. The summed E-state index contributed by atoms with van der Waals surface area (Å²) >= 11 is 15.1. The van der Waals surface area contributed by atoms with E-state index < -0.39 is 11.8 Å². The summed E-state index contributed by atoms with van der Waals surface area (Å²) in [6, 6.07) is 30.7. The molecule has 0 bridgehead atoms. The molecule has 0 atom stereocenters. The molecule has 0 saturated carbocycles. The molecule has 4 heteroatoms. The first-order chi connectivity index (χ1) is 13.7. The largest absolute Gasteiger partial charge is 0.0974 e. The summed E-state index contributed by atoms with van der Waals surface area (Å²) in [5, 5.41) is 5.42. The normalized spacial score (nSPS) is 17.9. The summed E-state index contributed by atoms with van der Waals surface area (Å²) in [5.41, 5.74) is 2.90. The van der Waals surface area contributed by atoms with E-state index in [4.69, 9.17) is 22.5 Å². The zero-order valence-corrected chi connectivity index (χ0v) is 18.4. The molecule has 0 radical (unpaired) electrons. The van der Waals surface area contributed by atoms with Crippen LogP contribution < -0.4 is 21.2 Å². The standard InChI is InChI=1S/C24H18Cl2P2/c25-28(26)22-16-14-18-12-11-17-13-15-21(24(22)23(17)18)27(28,19-7-3-1-4-8-19)20-9-5-2-6-10-20/h1-10,13-16H,11-12H2. The van der Waals surface area contributed by atoms with Crippen molar-refractivity contribution in [3.05, 3.63) is 96.1 Å². The van der Waals surface area contributed by atoms with Crippen molar-refractivity contribution in [1.29, 1.82) is 0 Å². The molecule has 0 spiro atoms. The number of aryl methyl sites for hydroxylation is 2. The lowest BCUT2D eigenvalue weighted by Crippen LogP contribution is -2.24. The molecule has 1 aliphatic carbocycles. The van der Waals surface area contributed by atoms with Gasteiger partial charge >= 0.3 is 0 Å². The highest BCUT2D eigenvalue weighted by Gasteiger charge is 2.44. The van der Waals surface area contributed by atoms with Crippen molar-refractivity contribution in [2.75, 3.05) is 0 Å². The predicted molar refractivity (Wildman–Crippen MR) is 128 cm³/mol. The lowest BCUT2D eigenvalue weighted by Gasteiger charge is -2.30. The Morgan fingerprint density at radius 1 is 0.536 bits per heavy atom. The summed E-state index contributed by atoms with van der Waals surface area (Å²) in [6.07, 6.45) is 2.24. The Morgan fingerprint density at radius 2 is 1.04 bits per heavy atom. The lowest BCUT2D eigenvalue weighted by atomic mass is 10.1. The molecule has 1 aliphatic heterocycles. The molecule has 0 aromatic heterocycles. The molecule has 0 N–H and O–H groups in total. The highest BCUT2D eigenvalue weighted by Crippen LogP contribution is 2.82. The molecular weight excluding hydrogens is 421 g/mol. The van der Waals surface area contributed by atoms with Gasteiger partial charge in [0.25, 0.3) is 0 Å². The van der Waals surface area contributed by atoms with Crippen molar-refractivity contribution in [1.82, 2.24) is 0 Å². The first-order valence-corrected chi connectivity index (χ1v) is 15.6. The van der Waals surface area contributed by atoms with Gasteiger partial charge < -0.3 is 0 Å². The van der Waals surface area contributed by atoms with Gasteiger partial charge in [0.15, 0.2) is 0 Å². The second-order valence-corrected chi connectivity index (χ2v) is 20.3. The van der Waals surface area contributed by atoms with Gasteiger partial charge in [0.2, 0.25) is 0 Å². The van der Waals surface area contributed by atoms with E-state index in [1.807, 2.05) is 0 Å². The highest BCUT2D eigenvalue weighted by atomic mass is 35.9. The first kappa shape index (κ1) is 17.4. The van der Waals surface area contributed by atoms with Gasteiger partial charge in [-0.15, -0.1) is 0 Å². The summed E-state index contributed by atoms with van der Waals surface area (Å²) < 4.78 is 0. The van der Waals surface area contributed by atoms with Gasteiger partial charge in [0.1, 0.15) is 0 Å². The van der Waals surface area contributed by atoms with Crippen LogP contribution in [0.5, 0.6) is 0 Å². The fourth-order valence-corrected chi connectivity index (χ4v) is 20.8. The fourth-order valence-electron chi connectivity index (χ4n) is 5.09. The number of hydrogen-bond donors (Lipinski definition) is 0. The van der Waals surface area contributed by atoms with E-state index in [0.29, 0.717) is 0 Å². The Kier molecular flexibility index (Phi) is 3.76. The topological polar surface area (TPSA) is 0 Å². The molecule has 0 saturated heterocycles. The minimum atomic E-state index is -2.49. The third kappa shape index (κ3) is 2.00. The molecule has 138 valence electrons. The molecule has 1 heterocycles. The van der Waals surface area contributed by atoms with E-state index in [2.05, 4.69) is 84.9 Å². The van der Waals surface area contributed by atoms with E-state index in [-0.39, 0.29) is 0 Å². The van der Waals surface area contributed by atoms with E-state index in [0.717, 1.165) is 12.8 Å². The predicted octanol–water partition coefficient (Wildman–Crippen LogP) is 6.11. The molecule has 0 nitrogen and oxygen atoms in total. The van der Waals surface area contributed by atoms with E-state index >= 15 is 0 Å². The average Bonchev–Trinajstić information content (AvgIpc) is 3.23. The molecule has 0 unspecified atom stereocenters. The zero-order chi connectivity index (χ0) is 18.9. The third-order valence-corrected chi connectivity index (χ3v) is 21.2. The molecule has 0 amide bonds. The van der Waals surface area contributed by atoms with Gasteiger partial charge in [-0.1, -0.05) is 107 Å². The quantitative estimate of drug-likeness (QED) is 0.331. The van der Waals surface area contributed by atoms with Gasteiger partial charge in [-0.3, -0.25) is 0 Å². The Morgan fingerprint density at radius 3 is 1.57 bits per heavy atom. The number of halogens is 2. The smallest absolute Gasteiger partial charge is 0.0745 e.